The number of nitro benzene ring substituents is 1. The number of carbonyl (C=O) groups excluding carboxylic acids is 2. The maximum atomic E-state index is 12.9. The van der Waals surface area contributed by atoms with E-state index in [4.69, 9.17) is 12.2 Å². The summed E-state index contributed by atoms with van der Waals surface area (Å²) in [5.74, 6) is -0.473. The van der Waals surface area contributed by atoms with E-state index in [1.807, 2.05) is 60.4 Å². The molecule has 0 saturated carbocycles. The van der Waals surface area contributed by atoms with Crippen LogP contribution < -0.4 is 15.5 Å². The number of rotatable bonds is 5. The molecule has 3 aromatic rings. The predicted octanol–water partition coefficient (Wildman–Crippen LogP) is 3.99. The van der Waals surface area contributed by atoms with E-state index >= 15 is 0 Å². The number of hydrogen-bond acceptors (Lipinski definition) is 6. The predicted molar refractivity (Wildman–Crippen MR) is 143 cm³/mol. The van der Waals surface area contributed by atoms with E-state index in [0.29, 0.717) is 18.8 Å². The lowest BCUT2D eigenvalue weighted by molar-refractivity contribution is -0.384. The van der Waals surface area contributed by atoms with E-state index in [1.165, 1.54) is 24.3 Å². The Morgan fingerprint density at radius 3 is 2.31 bits per heavy atom. The highest BCUT2D eigenvalue weighted by Gasteiger charge is 2.23. The van der Waals surface area contributed by atoms with Gasteiger partial charge >= 0.3 is 0 Å². The lowest BCUT2D eigenvalue weighted by Crippen LogP contribution is -2.48. The van der Waals surface area contributed by atoms with Gasteiger partial charge in [0.15, 0.2) is 5.11 Å². The van der Waals surface area contributed by atoms with E-state index in [2.05, 4.69) is 15.5 Å². The quantitative estimate of drug-likeness (QED) is 0.308. The van der Waals surface area contributed by atoms with Crippen molar-refractivity contribution in [3.8, 4) is 0 Å². The standard InChI is InChI=1S/C26H25N5O4S/c1-18-5-2-3-8-23(18)25(33)30-15-13-29(14-16-30)21-11-9-20(10-12-21)27-26(36)28-24(32)19-6-4-7-22(17-19)31(34)35/h2-12,17H,13-16H2,1H3,(H2,27,28,32,36). The summed E-state index contributed by atoms with van der Waals surface area (Å²) in [6, 6.07) is 20.7. The number of nitro groups is 1. The molecule has 0 aromatic heterocycles. The minimum Gasteiger partial charge on any atom is -0.368 e. The Kier molecular flexibility index (Phi) is 7.55. The smallest absolute Gasteiger partial charge is 0.270 e. The topological polar surface area (TPSA) is 108 Å². The molecule has 36 heavy (non-hydrogen) atoms. The Bertz CT molecular complexity index is 1300. The van der Waals surface area contributed by atoms with E-state index in [1.54, 1.807) is 0 Å². The second-order valence-electron chi connectivity index (χ2n) is 8.36. The first-order valence-electron chi connectivity index (χ1n) is 11.4. The van der Waals surface area contributed by atoms with Gasteiger partial charge in [-0.15, -0.1) is 0 Å². The zero-order valence-corrected chi connectivity index (χ0v) is 20.5. The summed E-state index contributed by atoms with van der Waals surface area (Å²) in [5.41, 5.74) is 3.41. The van der Waals surface area contributed by atoms with Gasteiger partial charge in [0.05, 0.1) is 4.92 Å². The summed E-state index contributed by atoms with van der Waals surface area (Å²) < 4.78 is 0. The number of piperazine rings is 1. The lowest BCUT2D eigenvalue weighted by atomic mass is 10.1. The van der Waals surface area contributed by atoms with E-state index in [9.17, 15) is 19.7 Å². The van der Waals surface area contributed by atoms with Crippen LogP contribution in [0.4, 0.5) is 17.1 Å². The van der Waals surface area contributed by atoms with Crippen molar-refractivity contribution in [2.24, 2.45) is 0 Å². The van der Waals surface area contributed by atoms with Crippen LogP contribution in [0.5, 0.6) is 0 Å². The third-order valence-electron chi connectivity index (χ3n) is 5.98. The van der Waals surface area contributed by atoms with Crippen molar-refractivity contribution < 1.29 is 14.5 Å². The van der Waals surface area contributed by atoms with Gasteiger partial charge in [0.2, 0.25) is 0 Å². The molecule has 9 nitrogen and oxygen atoms in total. The van der Waals surface area contributed by atoms with Crippen molar-refractivity contribution in [3.63, 3.8) is 0 Å². The molecule has 4 rings (SSSR count). The SMILES string of the molecule is Cc1ccccc1C(=O)N1CCN(c2ccc(NC(=S)NC(=O)c3cccc([N+](=O)[O-])c3)cc2)CC1. The van der Waals surface area contributed by atoms with Gasteiger partial charge in [0.25, 0.3) is 17.5 Å². The number of nitrogens with zero attached hydrogens (tertiary/aromatic N) is 3. The van der Waals surface area contributed by atoms with E-state index in [0.717, 1.165) is 29.9 Å². The average molecular weight is 504 g/mol. The summed E-state index contributed by atoms with van der Waals surface area (Å²) in [5, 5.41) is 16.5. The van der Waals surface area contributed by atoms with Crippen molar-refractivity contribution >= 4 is 46.2 Å². The Balaban J connectivity index is 1.29. The summed E-state index contributed by atoms with van der Waals surface area (Å²) in [4.78, 5) is 39.7. The maximum Gasteiger partial charge on any atom is 0.270 e. The van der Waals surface area contributed by atoms with Crippen LogP contribution in [0.15, 0.2) is 72.8 Å². The molecule has 1 aliphatic rings. The minimum absolute atomic E-state index is 0.0629. The molecule has 3 aromatic carbocycles. The van der Waals surface area contributed by atoms with Crippen molar-refractivity contribution in [1.29, 1.82) is 0 Å². The number of benzene rings is 3. The third kappa shape index (κ3) is 5.84. The van der Waals surface area contributed by atoms with Gasteiger partial charge in [-0.05, 0) is 61.1 Å². The number of anilines is 2. The number of nitrogens with one attached hydrogen (secondary N) is 2. The Morgan fingerprint density at radius 1 is 0.944 bits per heavy atom. The van der Waals surface area contributed by atoms with Crippen LogP contribution in [0, 0.1) is 17.0 Å². The van der Waals surface area contributed by atoms with Gasteiger partial charge in [-0.3, -0.25) is 25.0 Å². The van der Waals surface area contributed by atoms with Crippen LogP contribution in [-0.4, -0.2) is 52.9 Å². The molecule has 10 heteroatoms. The van der Waals surface area contributed by atoms with Crippen molar-refractivity contribution in [1.82, 2.24) is 10.2 Å². The Hall–Kier alpha value is -4.31. The molecular formula is C26H25N5O4S. The molecule has 0 bridgehead atoms. The molecular weight excluding hydrogens is 478 g/mol. The second kappa shape index (κ2) is 11.0. The fourth-order valence-corrected chi connectivity index (χ4v) is 4.22. The molecule has 0 aliphatic carbocycles. The fraction of sp³-hybridized carbons (Fsp3) is 0.192. The van der Waals surface area contributed by atoms with Gasteiger partial charge in [0, 0.05) is 60.8 Å². The van der Waals surface area contributed by atoms with Gasteiger partial charge in [-0.1, -0.05) is 24.3 Å². The van der Waals surface area contributed by atoms with Crippen LogP contribution >= 0.6 is 12.2 Å². The second-order valence-corrected chi connectivity index (χ2v) is 8.76. The molecule has 184 valence electrons. The summed E-state index contributed by atoms with van der Waals surface area (Å²) in [7, 11) is 0. The summed E-state index contributed by atoms with van der Waals surface area (Å²) in [6.07, 6.45) is 0. The number of aryl methyl sites for hydroxylation is 1. The van der Waals surface area contributed by atoms with Crippen molar-refractivity contribution in [2.75, 3.05) is 36.4 Å². The Morgan fingerprint density at radius 2 is 1.64 bits per heavy atom. The number of thiocarbonyl (C=S) groups is 1. The summed E-state index contributed by atoms with van der Waals surface area (Å²) in [6.45, 7) is 4.68. The van der Waals surface area contributed by atoms with Crippen LogP contribution in [0.3, 0.4) is 0 Å². The summed E-state index contributed by atoms with van der Waals surface area (Å²) >= 11 is 5.22. The molecule has 2 N–H and O–H groups in total. The molecule has 0 radical (unpaired) electrons. The highest BCUT2D eigenvalue weighted by atomic mass is 32.1. The largest absolute Gasteiger partial charge is 0.368 e. The first-order valence-corrected chi connectivity index (χ1v) is 11.8. The minimum atomic E-state index is -0.559. The average Bonchev–Trinajstić information content (AvgIpc) is 2.89. The number of amides is 2. The molecule has 1 fully saturated rings. The van der Waals surface area contributed by atoms with Crippen molar-refractivity contribution in [3.05, 3.63) is 99.6 Å². The monoisotopic (exact) mass is 503 g/mol. The lowest BCUT2D eigenvalue weighted by Gasteiger charge is -2.36. The van der Waals surface area contributed by atoms with Crippen LogP contribution in [-0.2, 0) is 0 Å². The normalized spacial score (nSPS) is 13.1. The van der Waals surface area contributed by atoms with Gasteiger partial charge in [-0.25, -0.2) is 0 Å². The van der Waals surface area contributed by atoms with Gasteiger partial charge in [0.1, 0.15) is 0 Å². The van der Waals surface area contributed by atoms with Gasteiger partial charge in [-0.2, -0.15) is 0 Å². The van der Waals surface area contributed by atoms with Crippen molar-refractivity contribution in [2.45, 2.75) is 6.92 Å². The first-order chi connectivity index (χ1) is 17.3. The third-order valence-corrected chi connectivity index (χ3v) is 6.18. The molecule has 1 saturated heterocycles. The van der Waals surface area contributed by atoms with E-state index < -0.39 is 10.8 Å². The Labute approximate surface area is 213 Å². The molecule has 1 heterocycles. The molecule has 1 aliphatic heterocycles. The van der Waals surface area contributed by atoms with Crippen LogP contribution in [0.2, 0.25) is 0 Å². The molecule has 0 atom stereocenters. The van der Waals surface area contributed by atoms with Crippen LogP contribution in [0.1, 0.15) is 26.3 Å². The van der Waals surface area contributed by atoms with Crippen LogP contribution in [0.25, 0.3) is 0 Å². The highest BCUT2D eigenvalue weighted by molar-refractivity contribution is 7.80. The number of non-ortho nitro benzene ring substituents is 1. The van der Waals surface area contributed by atoms with E-state index in [-0.39, 0.29) is 22.3 Å². The molecule has 2 amide bonds. The molecule has 0 spiro atoms. The van der Waals surface area contributed by atoms with Gasteiger partial charge < -0.3 is 15.1 Å². The zero-order valence-electron chi connectivity index (χ0n) is 19.6. The first kappa shape index (κ1) is 24.8. The highest BCUT2D eigenvalue weighted by Crippen LogP contribution is 2.21. The maximum absolute atomic E-state index is 12.9. The number of hydrogen-bond donors (Lipinski definition) is 2. The zero-order chi connectivity index (χ0) is 25.7. The molecule has 0 unspecified atom stereocenters. The fourth-order valence-electron chi connectivity index (χ4n) is 4.00. The number of carbonyl (C=O) groups is 2.